The fourth-order valence-electron chi connectivity index (χ4n) is 4.25. The fraction of sp³-hybridized carbons (Fsp3) is 0.308. The topological polar surface area (TPSA) is 6.48 Å². The number of piperazine rings is 1. The maximum atomic E-state index is 6.42. The standard InChI is InChI=1S/C26H29ClN2S/c1-20-8-13-26(27)25(16-20)23-11-9-22(10-12-23)18-28-14-15-29(30-2)24(19-28)17-21-6-4-3-5-7-21/h3-13,16,24H,14-15,17-19H2,1-2H3/t24-/m0/s1. The third kappa shape index (κ3) is 5.28. The van der Waals surface area contributed by atoms with Crippen LogP contribution in [0.3, 0.4) is 0 Å². The summed E-state index contributed by atoms with van der Waals surface area (Å²) in [4.78, 5) is 2.59. The number of nitrogens with zero attached hydrogens (tertiary/aromatic N) is 2. The van der Waals surface area contributed by atoms with E-state index in [1.54, 1.807) is 0 Å². The Bertz CT molecular complexity index is 959. The molecule has 0 amide bonds. The Hall–Kier alpha value is -1.78. The van der Waals surface area contributed by atoms with Crippen LogP contribution in [0.25, 0.3) is 11.1 Å². The summed E-state index contributed by atoms with van der Waals surface area (Å²) in [7, 11) is 0. The van der Waals surface area contributed by atoms with Crippen molar-refractivity contribution in [1.29, 1.82) is 0 Å². The van der Waals surface area contributed by atoms with Gasteiger partial charge >= 0.3 is 0 Å². The molecule has 1 aliphatic rings. The lowest BCUT2D eigenvalue weighted by Gasteiger charge is -2.40. The van der Waals surface area contributed by atoms with Gasteiger partial charge in [-0.1, -0.05) is 89.8 Å². The van der Waals surface area contributed by atoms with Crippen molar-refractivity contribution < 1.29 is 0 Å². The van der Waals surface area contributed by atoms with Crippen molar-refractivity contribution in [3.05, 3.63) is 94.5 Å². The summed E-state index contributed by atoms with van der Waals surface area (Å²) < 4.78 is 2.55. The van der Waals surface area contributed by atoms with Crippen molar-refractivity contribution in [1.82, 2.24) is 9.21 Å². The van der Waals surface area contributed by atoms with E-state index in [2.05, 4.69) is 89.1 Å². The van der Waals surface area contributed by atoms with Crippen molar-refractivity contribution in [3.63, 3.8) is 0 Å². The SMILES string of the molecule is CSN1CCN(Cc2ccc(-c3cc(C)ccc3Cl)cc2)C[C@@H]1Cc1ccccc1. The van der Waals surface area contributed by atoms with Crippen molar-refractivity contribution in [2.24, 2.45) is 0 Å². The van der Waals surface area contributed by atoms with Gasteiger partial charge in [-0.25, -0.2) is 4.31 Å². The van der Waals surface area contributed by atoms with Crippen LogP contribution in [-0.4, -0.2) is 41.1 Å². The third-order valence-corrected chi connectivity index (χ3v) is 7.13. The maximum absolute atomic E-state index is 6.42. The highest BCUT2D eigenvalue weighted by Crippen LogP contribution is 2.29. The minimum absolute atomic E-state index is 0.543. The molecule has 0 aliphatic carbocycles. The van der Waals surface area contributed by atoms with Gasteiger partial charge in [0.05, 0.1) is 0 Å². The Balaban J connectivity index is 1.43. The number of rotatable bonds is 6. The van der Waals surface area contributed by atoms with Gasteiger partial charge in [0.25, 0.3) is 0 Å². The van der Waals surface area contributed by atoms with Gasteiger partial charge in [0.15, 0.2) is 0 Å². The first-order valence-electron chi connectivity index (χ1n) is 10.5. The van der Waals surface area contributed by atoms with Gasteiger partial charge in [-0.05, 0) is 48.4 Å². The first-order chi connectivity index (χ1) is 14.6. The van der Waals surface area contributed by atoms with Gasteiger partial charge in [-0.3, -0.25) is 4.90 Å². The fourth-order valence-corrected chi connectivity index (χ4v) is 5.18. The van der Waals surface area contributed by atoms with Gasteiger partial charge < -0.3 is 0 Å². The van der Waals surface area contributed by atoms with Crippen LogP contribution in [0.2, 0.25) is 5.02 Å². The molecule has 0 spiro atoms. The highest BCUT2D eigenvalue weighted by Gasteiger charge is 2.26. The molecule has 4 heteroatoms. The second kappa shape index (κ2) is 10.0. The highest BCUT2D eigenvalue weighted by atomic mass is 35.5. The van der Waals surface area contributed by atoms with Crippen LogP contribution in [0, 0.1) is 6.92 Å². The first-order valence-corrected chi connectivity index (χ1v) is 12.1. The van der Waals surface area contributed by atoms with Crippen molar-refractivity contribution in [2.75, 3.05) is 25.9 Å². The molecule has 4 rings (SSSR count). The van der Waals surface area contributed by atoms with Crippen LogP contribution < -0.4 is 0 Å². The lowest BCUT2D eigenvalue weighted by Crippen LogP contribution is -2.50. The largest absolute Gasteiger partial charge is 0.296 e. The van der Waals surface area contributed by atoms with Gasteiger partial charge in [-0.15, -0.1) is 0 Å². The maximum Gasteiger partial charge on any atom is 0.0484 e. The average molecular weight is 437 g/mol. The Kier molecular flexibility index (Phi) is 7.16. The molecule has 2 nitrogen and oxygen atoms in total. The molecule has 0 saturated carbocycles. The van der Waals surface area contributed by atoms with E-state index in [1.165, 1.54) is 22.3 Å². The third-order valence-electron chi connectivity index (χ3n) is 5.85. The number of hydrogen-bond donors (Lipinski definition) is 0. The molecule has 1 heterocycles. The zero-order valence-corrected chi connectivity index (χ0v) is 19.3. The van der Waals surface area contributed by atoms with Gasteiger partial charge in [0.1, 0.15) is 0 Å². The van der Waals surface area contributed by atoms with E-state index in [0.717, 1.165) is 43.2 Å². The monoisotopic (exact) mass is 436 g/mol. The molecule has 1 atom stereocenters. The Morgan fingerprint density at radius 1 is 0.933 bits per heavy atom. The average Bonchev–Trinajstić information content (AvgIpc) is 2.77. The van der Waals surface area contributed by atoms with Gasteiger partial charge in [-0.2, -0.15) is 0 Å². The molecule has 1 fully saturated rings. The summed E-state index contributed by atoms with van der Waals surface area (Å²) in [6.45, 7) is 6.41. The molecule has 0 bridgehead atoms. The van der Waals surface area contributed by atoms with E-state index in [9.17, 15) is 0 Å². The molecule has 1 saturated heterocycles. The molecular weight excluding hydrogens is 408 g/mol. The summed E-state index contributed by atoms with van der Waals surface area (Å²) >= 11 is 8.30. The van der Waals surface area contributed by atoms with Crippen LogP contribution in [0.15, 0.2) is 72.8 Å². The summed E-state index contributed by atoms with van der Waals surface area (Å²) in [6, 6.07) is 26.5. The Morgan fingerprint density at radius 2 is 1.70 bits per heavy atom. The Morgan fingerprint density at radius 3 is 2.43 bits per heavy atom. The van der Waals surface area contributed by atoms with E-state index in [1.807, 2.05) is 18.0 Å². The number of aryl methyl sites for hydroxylation is 1. The zero-order chi connectivity index (χ0) is 20.9. The number of halogens is 1. The molecule has 1 aliphatic heterocycles. The van der Waals surface area contributed by atoms with Gasteiger partial charge in [0, 0.05) is 42.8 Å². The quantitative estimate of drug-likeness (QED) is 0.417. The second-order valence-electron chi connectivity index (χ2n) is 8.08. The van der Waals surface area contributed by atoms with Crippen LogP contribution in [0.1, 0.15) is 16.7 Å². The van der Waals surface area contributed by atoms with E-state index in [-0.39, 0.29) is 0 Å². The smallest absolute Gasteiger partial charge is 0.0484 e. The number of hydrogen-bond acceptors (Lipinski definition) is 3. The van der Waals surface area contributed by atoms with Crippen LogP contribution >= 0.6 is 23.5 Å². The van der Waals surface area contributed by atoms with Gasteiger partial charge in [0.2, 0.25) is 0 Å². The number of benzene rings is 3. The molecule has 0 aromatic heterocycles. The van der Waals surface area contributed by atoms with Crippen molar-refractivity contribution in [3.8, 4) is 11.1 Å². The van der Waals surface area contributed by atoms with Crippen molar-refractivity contribution in [2.45, 2.75) is 25.9 Å². The summed E-state index contributed by atoms with van der Waals surface area (Å²) in [5.74, 6) is 0. The van der Waals surface area contributed by atoms with E-state index in [4.69, 9.17) is 11.6 Å². The first kappa shape index (κ1) is 21.5. The van der Waals surface area contributed by atoms with Crippen molar-refractivity contribution >= 4 is 23.5 Å². The van der Waals surface area contributed by atoms with Crippen LogP contribution in [0.5, 0.6) is 0 Å². The predicted molar refractivity (Wildman–Crippen MR) is 131 cm³/mol. The van der Waals surface area contributed by atoms with Crippen LogP contribution in [0.4, 0.5) is 0 Å². The molecule has 3 aromatic rings. The molecular formula is C26H29ClN2S. The molecule has 156 valence electrons. The molecule has 0 radical (unpaired) electrons. The zero-order valence-electron chi connectivity index (χ0n) is 17.7. The summed E-state index contributed by atoms with van der Waals surface area (Å²) in [6.07, 6.45) is 3.30. The molecule has 30 heavy (non-hydrogen) atoms. The molecule has 0 N–H and O–H groups in total. The molecule has 3 aromatic carbocycles. The highest BCUT2D eigenvalue weighted by molar-refractivity contribution is 7.96. The Labute approximate surface area is 190 Å². The lowest BCUT2D eigenvalue weighted by atomic mass is 10.0. The van der Waals surface area contributed by atoms with E-state index >= 15 is 0 Å². The lowest BCUT2D eigenvalue weighted by molar-refractivity contribution is 0.137. The summed E-state index contributed by atoms with van der Waals surface area (Å²) in [5, 5.41) is 0.810. The minimum Gasteiger partial charge on any atom is -0.296 e. The van der Waals surface area contributed by atoms with Crippen LogP contribution in [-0.2, 0) is 13.0 Å². The summed E-state index contributed by atoms with van der Waals surface area (Å²) in [5.41, 5.74) is 6.30. The van der Waals surface area contributed by atoms with E-state index < -0.39 is 0 Å². The molecule has 0 unspecified atom stereocenters. The second-order valence-corrected chi connectivity index (χ2v) is 9.32. The predicted octanol–water partition coefficient (Wildman–Crippen LogP) is 6.32. The normalized spacial score (nSPS) is 17.9. The minimum atomic E-state index is 0.543. The van der Waals surface area contributed by atoms with E-state index in [0.29, 0.717) is 6.04 Å².